The highest BCUT2D eigenvalue weighted by atomic mass is 79.9. The number of esters is 1. The minimum Gasteiger partial charge on any atom is -0.808 e. The molecule has 0 spiro atoms. The third-order valence-corrected chi connectivity index (χ3v) is 1.51. The quantitative estimate of drug-likeness (QED) is 0.368. The van der Waals surface area contributed by atoms with E-state index in [1.54, 1.807) is 0 Å². The molecule has 0 rings (SSSR count). The third-order valence-electron chi connectivity index (χ3n) is 0.690. The van der Waals surface area contributed by atoms with Crippen molar-refractivity contribution in [1.82, 2.24) is 0 Å². The third kappa shape index (κ3) is 6.50. The average molecular weight is 245 g/mol. The van der Waals surface area contributed by atoms with E-state index in [1.165, 1.54) is 6.92 Å². The van der Waals surface area contributed by atoms with Crippen LogP contribution < -0.4 is 9.79 Å². The summed E-state index contributed by atoms with van der Waals surface area (Å²) in [6.45, 7) is 1.46. The van der Waals surface area contributed by atoms with Gasteiger partial charge in [-0.25, -0.2) is 0 Å². The number of carbonyl (C=O) groups excluding carboxylic acids is 1. The molecule has 0 aliphatic carbocycles. The molecule has 0 aliphatic rings. The molecule has 0 heterocycles. The van der Waals surface area contributed by atoms with Gasteiger partial charge in [-0.2, -0.15) is 0 Å². The number of rotatable bonds is 3. The summed E-state index contributed by atoms with van der Waals surface area (Å²) < 4.78 is 14.0. The van der Waals surface area contributed by atoms with E-state index >= 15 is 0 Å². The average Bonchev–Trinajstić information content (AvgIpc) is 1.80. The zero-order valence-electron chi connectivity index (χ0n) is 5.65. The zero-order chi connectivity index (χ0) is 9.07. The minimum atomic E-state index is -4.72. The van der Waals surface area contributed by atoms with Crippen molar-refractivity contribution >= 4 is 29.5 Å². The number of alkyl halides is 1. The lowest BCUT2D eigenvalue weighted by Crippen LogP contribution is -2.22. The van der Waals surface area contributed by atoms with Crippen LogP contribution in [0.15, 0.2) is 0 Å². The topological polar surface area (TPSA) is 89.5 Å². The highest BCUT2D eigenvalue weighted by Crippen LogP contribution is 2.22. The van der Waals surface area contributed by atoms with Crippen LogP contribution in [0.3, 0.4) is 0 Å². The van der Waals surface area contributed by atoms with Gasteiger partial charge in [0.15, 0.2) is 0 Å². The standard InChI is InChI=1S/C4H8BrO5P/c1-3(5)4(6)10-2-11(7,8)9/h3H,2H2,1H3,(H2,7,8,9)/p-2. The van der Waals surface area contributed by atoms with Crippen LogP contribution in [0.2, 0.25) is 0 Å². The maximum Gasteiger partial charge on any atom is 0.319 e. The molecule has 0 fully saturated rings. The molecule has 7 heteroatoms. The lowest BCUT2D eigenvalue weighted by Gasteiger charge is -2.28. The summed E-state index contributed by atoms with van der Waals surface area (Å²) in [5.74, 6) is -0.767. The number of carbonyl (C=O) groups is 1. The van der Waals surface area contributed by atoms with E-state index in [4.69, 9.17) is 0 Å². The predicted octanol–water partition coefficient (Wildman–Crippen LogP) is -0.816. The fraction of sp³-hybridized carbons (Fsp3) is 0.750. The summed E-state index contributed by atoms with van der Waals surface area (Å²) in [5, 5.41) is 0. The van der Waals surface area contributed by atoms with Crippen LogP contribution in [0, 0.1) is 0 Å². The molecule has 0 aliphatic heterocycles. The van der Waals surface area contributed by atoms with Gasteiger partial charge in [0.2, 0.25) is 0 Å². The van der Waals surface area contributed by atoms with Crippen molar-refractivity contribution in [2.24, 2.45) is 0 Å². The van der Waals surface area contributed by atoms with Gasteiger partial charge in [-0.3, -0.25) is 4.79 Å². The van der Waals surface area contributed by atoms with Crippen LogP contribution in [0.5, 0.6) is 0 Å². The van der Waals surface area contributed by atoms with Gasteiger partial charge in [0, 0.05) is 0 Å². The molecule has 11 heavy (non-hydrogen) atoms. The first-order chi connectivity index (χ1) is 4.83. The summed E-state index contributed by atoms with van der Waals surface area (Å²) in [7, 11) is -4.72. The van der Waals surface area contributed by atoms with Gasteiger partial charge in [0.1, 0.15) is 11.2 Å². The Morgan fingerprint density at radius 3 is 2.45 bits per heavy atom. The molecular weight excluding hydrogens is 239 g/mol. The highest BCUT2D eigenvalue weighted by molar-refractivity contribution is 9.10. The lowest BCUT2D eigenvalue weighted by molar-refractivity contribution is -0.317. The lowest BCUT2D eigenvalue weighted by atomic mass is 10.5. The highest BCUT2D eigenvalue weighted by Gasteiger charge is 2.09. The Balaban J connectivity index is 3.73. The van der Waals surface area contributed by atoms with Crippen molar-refractivity contribution in [2.75, 3.05) is 6.35 Å². The van der Waals surface area contributed by atoms with Crippen molar-refractivity contribution in [1.29, 1.82) is 0 Å². The largest absolute Gasteiger partial charge is 0.808 e. The van der Waals surface area contributed by atoms with E-state index in [2.05, 4.69) is 20.7 Å². The van der Waals surface area contributed by atoms with E-state index in [0.29, 0.717) is 0 Å². The van der Waals surface area contributed by atoms with E-state index in [9.17, 15) is 19.1 Å². The Hall–Kier alpha value is 0.1000. The fourth-order valence-electron chi connectivity index (χ4n) is 0.258. The molecule has 0 radical (unpaired) electrons. The molecule has 0 aromatic rings. The summed E-state index contributed by atoms with van der Waals surface area (Å²) in [4.78, 5) is 29.8. The summed E-state index contributed by atoms with van der Waals surface area (Å²) in [6.07, 6.45) is -1.08. The first kappa shape index (κ1) is 11.1. The van der Waals surface area contributed by atoms with Crippen LogP contribution >= 0.6 is 23.5 Å². The van der Waals surface area contributed by atoms with Crippen molar-refractivity contribution in [2.45, 2.75) is 11.8 Å². The van der Waals surface area contributed by atoms with Gasteiger partial charge in [0.05, 0.1) is 0 Å². The molecule has 0 N–H and O–H groups in total. The maximum absolute atomic E-state index is 10.5. The second-order valence-corrected chi connectivity index (χ2v) is 4.67. The van der Waals surface area contributed by atoms with Gasteiger partial charge < -0.3 is 19.1 Å². The normalized spacial score (nSPS) is 14.2. The molecule has 0 amide bonds. The Morgan fingerprint density at radius 2 is 2.18 bits per heavy atom. The monoisotopic (exact) mass is 244 g/mol. The first-order valence-electron chi connectivity index (χ1n) is 2.65. The molecule has 66 valence electrons. The van der Waals surface area contributed by atoms with Gasteiger partial charge in [-0.1, -0.05) is 15.9 Å². The SMILES string of the molecule is CC(Br)C(=O)OCP(=O)([O-])[O-]. The Bertz CT molecular complexity index is 185. The van der Waals surface area contributed by atoms with Crippen molar-refractivity contribution < 1.29 is 23.9 Å². The predicted molar refractivity (Wildman–Crippen MR) is 37.0 cm³/mol. The molecule has 1 atom stereocenters. The number of ether oxygens (including phenoxy) is 1. The molecule has 0 aromatic carbocycles. The van der Waals surface area contributed by atoms with Gasteiger partial charge in [0.25, 0.3) is 0 Å². The molecule has 0 saturated carbocycles. The second-order valence-electron chi connectivity index (χ2n) is 1.82. The fourth-order valence-corrected chi connectivity index (χ4v) is 0.675. The molecule has 1 unspecified atom stereocenters. The molecule has 0 saturated heterocycles. The zero-order valence-corrected chi connectivity index (χ0v) is 8.13. The smallest absolute Gasteiger partial charge is 0.319 e. The number of hydrogen-bond acceptors (Lipinski definition) is 5. The summed E-state index contributed by atoms with van der Waals surface area (Å²) in [6, 6.07) is 0. The molecular formula is C4H6BrO5P-2. The van der Waals surface area contributed by atoms with E-state index in [1.807, 2.05) is 0 Å². The molecule has 5 nitrogen and oxygen atoms in total. The van der Waals surface area contributed by atoms with Crippen LogP contribution in [0.1, 0.15) is 6.92 Å². The van der Waals surface area contributed by atoms with Crippen LogP contribution in [-0.4, -0.2) is 17.1 Å². The van der Waals surface area contributed by atoms with E-state index in [0.717, 1.165) is 0 Å². The second kappa shape index (κ2) is 4.21. The maximum atomic E-state index is 10.5. The van der Waals surface area contributed by atoms with Crippen LogP contribution in [0.25, 0.3) is 0 Å². The van der Waals surface area contributed by atoms with Crippen molar-refractivity contribution in [3.63, 3.8) is 0 Å². The van der Waals surface area contributed by atoms with Crippen LogP contribution in [0.4, 0.5) is 0 Å². The van der Waals surface area contributed by atoms with Crippen molar-refractivity contribution in [3.05, 3.63) is 0 Å². The molecule has 0 aromatic heterocycles. The van der Waals surface area contributed by atoms with E-state index in [-0.39, 0.29) is 0 Å². The first-order valence-corrected chi connectivity index (χ1v) is 5.29. The Kier molecular flexibility index (Phi) is 4.25. The molecule has 0 bridgehead atoms. The van der Waals surface area contributed by atoms with Gasteiger partial charge in [-0.15, -0.1) is 0 Å². The van der Waals surface area contributed by atoms with Gasteiger partial charge in [-0.05, 0) is 14.5 Å². The Labute approximate surface area is 72.0 Å². The summed E-state index contributed by atoms with van der Waals surface area (Å²) in [5.41, 5.74) is 0. The number of hydrogen-bond donors (Lipinski definition) is 0. The summed E-state index contributed by atoms with van der Waals surface area (Å²) >= 11 is 2.84. The minimum absolute atomic E-state index is 0.603. The number of halogens is 1. The van der Waals surface area contributed by atoms with Crippen molar-refractivity contribution in [3.8, 4) is 0 Å². The van der Waals surface area contributed by atoms with Gasteiger partial charge >= 0.3 is 5.97 Å². The Morgan fingerprint density at radius 1 is 1.73 bits per heavy atom. The van der Waals surface area contributed by atoms with E-state index < -0.39 is 24.7 Å². The van der Waals surface area contributed by atoms with Crippen LogP contribution in [-0.2, 0) is 14.1 Å².